The van der Waals surface area contributed by atoms with E-state index in [0.717, 1.165) is 54.2 Å². The Bertz CT molecular complexity index is 841. The van der Waals surface area contributed by atoms with Crippen LogP contribution in [0.4, 0.5) is 0 Å². The van der Waals surface area contributed by atoms with E-state index in [9.17, 15) is 8.42 Å². The van der Waals surface area contributed by atoms with Gasteiger partial charge in [-0.3, -0.25) is 4.90 Å². The van der Waals surface area contributed by atoms with Gasteiger partial charge >= 0.3 is 0 Å². The zero-order chi connectivity index (χ0) is 18.7. The van der Waals surface area contributed by atoms with E-state index in [2.05, 4.69) is 10.1 Å². The second kappa shape index (κ2) is 7.90. The fraction of sp³-hybridized carbons (Fsp3) is 0.526. The summed E-state index contributed by atoms with van der Waals surface area (Å²) in [6, 6.07) is 7.68. The maximum Gasteiger partial charge on any atom is 0.218 e. The normalized spacial score (nSPS) is 17.3. The number of hydrogen-bond acceptors (Lipinski definition) is 5. The molecule has 1 saturated heterocycles. The summed E-state index contributed by atoms with van der Waals surface area (Å²) in [5, 5.41) is 4.01. The van der Waals surface area contributed by atoms with Gasteiger partial charge in [0.25, 0.3) is 0 Å². The lowest BCUT2D eigenvalue weighted by molar-refractivity contribution is 0.276. The molecule has 7 heteroatoms. The number of rotatable bonds is 5. The van der Waals surface area contributed by atoms with Gasteiger partial charge in [0.05, 0.1) is 11.4 Å². The molecular formula is C19H27N3O3S. The summed E-state index contributed by atoms with van der Waals surface area (Å²) in [4.78, 5) is 2.29. The highest BCUT2D eigenvalue weighted by Gasteiger charge is 2.26. The first kappa shape index (κ1) is 19.1. The molecule has 26 heavy (non-hydrogen) atoms. The van der Waals surface area contributed by atoms with Crippen LogP contribution in [0.5, 0.6) is 0 Å². The second-order valence-electron chi connectivity index (χ2n) is 7.01. The summed E-state index contributed by atoms with van der Waals surface area (Å²) < 4.78 is 32.6. The van der Waals surface area contributed by atoms with Gasteiger partial charge in [-0.2, -0.15) is 0 Å². The van der Waals surface area contributed by atoms with Crippen LogP contribution in [0.2, 0.25) is 0 Å². The highest BCUT2D eigenvalue weighted by Crippen LogP contribution is 2.19. The number of aryl methyl sites for hydroxylation is 3. The molecule has 0 saturated carbocycles. The van der Waals surface area contributed by atoms with Crippen molar-refractivity contribution in [3.8, 4) is 0 Å². The maximum absolute atomic E-state index is 12.9. The SMILES string of the molecule is Cc1ccccc1CS(=O)(=O)N1CCCN(Cc2c(C)noc2C)CC1. The van der Waals surface area contributed by atoms with Crippen LogP contribution in [0.1, 0.15) is 34.6 Å². The van der Waals surface area contributed by atoms with Gasteiger partial charge in [0.1, 0.15) is 5.76 Å². The average molecular weight is 378 g/mol. The molecule has 142 valence electrons. The van der Waals surface area contributed by atoms with E-state index in [0.29, 0.717) is 13.1 Å². The Balaban J connectivity index is 1.65. The topological polar surface area (TPSA) is 66.7 Å². The number of benzene rings is 1. The zero-order valence-corrected chi connectivity index (χ0v) is 16.6. The molecule has 1 aliphatic rings. The predicted octanol–water partition coefficient (Wildman–Crippen LogP) is 2.64. The van der Waals surface area contributed by atoms with E-state index in [1.54, 1.807) is 4.31 Å². The van der Waals surface area contributed by atoms with Crippen molar-refractivity contribution in [3.05, 3.63) is 52.4 Å². The maximum atomic E-state index is 12.9. The molecule has 2 heterocycles. The van der Waals surface area contributed by atoms with E-state index >= 15 is 0 Å². The van der Waals surface area contributed by atoms with Gasteiger partial charge in [-0.15, -0.1) is 0 Å². The molecule has 0 aliphatic carbocycles. The third kappa shape index (κ3) is 4.34. The number of hydrogen-bond donors (Lipinski definition) is 0. The van der Waals surface area contributed by atoms with E-state index in [4.69, 9.17) is 4.52 Å². The molecule has 6 nitrogen and oxygen atoms in total. The molecule has 3 rings (SSSR count). The van der Waals surface area contributed by atoms with Crippen molar-refractivity contribution in [2.24, 2.45) is 0 Å². The molecule has 0 amide bonds. The number of sulfonamides is 1. The molecule has 1 aromatic carbocycles. The van der Waals surface area contributed by atoms with E-state index in [-0.39, 0.29) is 5.75 Å². The Morgan fingerprint density at radius 3 is 2.54 bits per heavy atom. The van der Waals surface area contributed by atoms with Crippen molar-refractivity contribution < 1.29 is 12.9 Å². The predicted molar refractivity (Wildman–Crippen MR) is 101 cm³/mol. The Morgan fingerprint density at radius 1 is 1.08 bits per heavy atom. The van der Waals surface area contributed by atoms with Gasteiger partial charge in [-0.1, -0.05) is 29.4 Å². The first-order valence-electron chi connectivity index (χ1n) is 9.03. The van der Waals surface area contributed by atoms with Gasteiger partial charge in [0.2, 0.25) is 10.0 Å². The lowest BCUT2D eigenvalue weighted by atomic mass is 10.1. The molecule has 1 fully saturated rings. The summed E-state index contributed by atoms with van der Waals surface area (Å²) in [6.07, 6.45) is 0.830. The van der Waals surface area contributed by atoms with Crippen LogP contribution < -0.4 is 0 Å². The molecule has 0 spiro atoms. The third-order valence-electron chi connectivity index (χ3n) is 5.10. The molecule has 0 bridgehead atoms. The van der Waals surface area contributed by atoms with Crippen LogP contribution >= 0.6 is 0 Å². The standard InChI is InChI=1S/C19H27N3O3S/c1-15-7-4-5-8-18(15)14-26(23,24)22-10-6-9-21(11-12-22)13-19-16(2)20-25-17(19)3/h4-5,7-8H,6,9-14H2,1-3H3. The third-order valence-corrected chi connectivity index (χ3v) is 6.93. The van der Waals surface area contributed by atoms with Crippen LogP contribution in [-0.2, 0) is 22.3 Å². The van der Waals surface area contributed by atoms with Crippen LogP contribution in [0, 0.1) is 20.8 Å². The van der Waals surface area contributed by atoms with Crippen LogP contribution in [-0.4, -0.2) is 49.0 Å². The Labute approximate surface area is 155 Å². The van der Waals surface area contributed by atoms with Crippen molar-refractivity contribution in [2.45, 2.75) is 39.5 Å². The van der Waals surface area contributed by atoms with Crippen molar-refractivity contribution in [1.29, 1.82) is 0 Å². The van der Waals surface area contributed by atoms with Crippen molar-refractivity contribution in [3.63, 3.8) is 0 Å². The largest absolute Gasteiger partial charge is 0.361 e. The first-order valence-corrected chi connectivity index (χ1v) is 10.6. The van der Waals surface area contributed by atoms with Crippen molar-refractivity contribution >= 4 is 10.0 Å². The molecule has 0 N–H and O–H groups in total. The van der Waals surface area contributed by atoms with E-state index in [1.807, 2.05) is 45.0 Å². The van der Waals surface area contributed by atoms with Crippen LogP contribution in [0.15, 0.2) is 28.8 Å². The molecule has 0 atom stereocenters. The summed E-state index contributed by atoms with van der Waals surface area (Å²) in [5.74, 6) is 0.916. The smallest absolute Gasteiger partial charge is 0.218 e. The van der Waals surface area contributed by atoms with E-state index in [1.165, 1.54) is 0 Å². The Hall–Kier alpha value is -1.70. The molecule has 0 radical (unpaired) electrons. The quantitative estimate of drug-likeness (QED) is 0.801. The lowest BCUT2D eigenvalue weighted by Crippen LogP contribution is -2.36. The molecule has 0 unspecified atom stereocenters. The first-order chi connectivity index (χ1) is 12.4. The summed E-state index contributed by atoms with van der Waals surface area (Å²) in [6.45, 7) is 9.28. The summed E-state index contributed by atoms with van der Waals surface area (Å²) >= 11 is 0. The molecule has 2 aromatic rings. The van der Waals surface area contributed by atoms with Gasteiger partial charge in [-0.25, -0.2) is 12.7 Å². The minimum atomic E-state index is -3.31. The lowest BCUT2D eigenvalue weighted by Gasteiger charge is -2.22. The van der Waals surface area contributed by atoms with Gasteiger partial charge in [-0.05, 0) is 44.9 Å². The number of nitrogens with zero attached hydrogens (tertiary/aromatic N) is 3. The Kier molecular flexibility index (Phi) is 5.79. The monoisotopic (exact) mass is 377 g/mol. The van der Waals surface area contributed by atoms with Gasteiger partial charge < -0.3 is 4.52 Å². The second-order valence-corrected chi connectivity index (χ2v) is 8.98. The van der Waals surface area contributed by atoms with Gasteiger partial charge in [0, 0.05) is 31.7 Å². The average Bonchev–Trinajstić information content (AvgIpc) is 2.79. The van der Waals surface area contributed by atoms with Crippen LogP contribution in [0.3, 0.4) is 0 Å². The minimum Gasteiger partial charge on any atom is -0.361 e. The van der Waals surface area contributed by atoms with Crippen molar-refractivity contribution in [1.82, 2.24) is 14.4 Å². The fourth-order valence-corrected chi connectivity index (χ4v) is 5.06. The summed E-state index contributed by atoms with van der Waals surface area (Å²) in [5.41, 5.74) is 3.92. The highest BCUT2D eigenvalue weighted by atomic mass is 32.2. The van der Waals surface area contributed by atoms with E-state index < -0.39 is 10.0 Å². The highest BCUT2D eigenvalue weighted by molar-refractivity contribution is 7.88. The van der Waals surface area contributed by atoms with Gasteiger partial charge in [0.15, 0.2) is 0 Å². The summed E-state index contributed by atoms with van der Waals surface area (Å²) in [7, 11) is -3.31. The minimum absolute atomic E-state index is 0.0730. The molecule has 1 aliphatic heterocycles. The van der Waals surface area contributed by atoms with Crippen LogP contribution in [0.25, 0.3) is 0 Å². The number of aromatic nitrogens is 1. The Morgan fingerprint density at radius 2 is 1.85 bits per heavy atom. The molecular weight excluding hydrogens is 350 g/mol. The fourth-order valence-electron chi connectivity index (χ4n) is 3.39. The zero-order valence-electron chi connectivity index (χ0n) is 15.7. The molecule has 1 aromatic heterocycles. The van der Waals surface area contributed by atoms with Crippen molar-refractivity contribution in [2.75, 3.05) is 26.2 Å².